The Morgan fingerprint density at radius 3 is 2.57 bits per heavy atom. The van der Waals surface area contributed by atoms with Crippen LogP contribution < -0.4 is 10.6 Å². The number of hydrogen-bond donors (Lipinski definition) is 2. The second-order valence-corrected chi connectivity index (χ2v) is 8.89. The number of benzene rings is 1. The molecule has 0 bridgehead atoms. The summed E-state index contributed by atoms with van der Waals surface area (Å²) in [5.74, 6) is 2.50. The number of rotatable bonds is 1. The first-order chi connectivity index (χ1) is 11.3. The van der Waals surface area contributed by atoms with Crippen LogP contribution in [-0.2, 0) is 0 Å². The summed E-state index contributed by atoms with van der Waals surface area (Å²) >= 11 is 9.57. The molecule has 1 atom stereocenters. The van der Waals surface area contributed by atoms with E-state index in [1.54, 1.807) is 0 Å². The zero-order valence-corrected chi connectivity index (χ0v) is 15.4. The number of thioether (sulfide) groups is 2. The molecular formula is C18H20N2S3. The van der Waals surface area contributed by atoms with Gasteiger partial charge in [0.05, 0.1) is 6.04 Å². The number of thiocarbonyl (C=S) groups is 1. The minimum Gasteiger partial charge on any atom is -0.352 e. The highest BCUT2D eigenvalue weighted by molar-refractivity contribution is 8.22. The molecule has 1 fully saturated rings. The van der Waals surface area contributed by atoms with E-state index in [1.165, 1.54) is 57.4 Å². The molecule has 0 radical (unpaired) electrons. The Bertz CT molecular complexity index is 671. The lowest BCUT2D eigenvalue weighted by atomic mass is 9.84. The third kappa shape index (κ3) is 3.19. The Hall–Kier alpha value is -0.910. The Balaban J connectivity index is 1.78. The molecule has 0 saturated carbocycles. The highest BCUT2D eigenvalue weighted by atomic mass is 32.2. The molecule has 1 aliphatic carbocycles. The third-order valence-corrected chi connectivity index (χ3v) is 7.42. The lowest BCUT2D eigenvalue weighted by molar-refractivity contribution is 0.607. The van der Waals surface area contributed by atoms with Crippen molar-refractivity contribution in [2.24, 2.45) is 0 Å². The van der Waals surface area contributed by atoms with Crippen LogP contribution in [0, 0.1) is 0 Å². The van der Waals surface area contributed by atoms with Gasteiger partial charge in [0.2, 0.25) is 0 Å². The maximum Gasteiger partial charge on any atom is 0.171 e. The number of allylic oxidation sites excluding steroid dienone is 1. The molecular weight excluding hydrogens is 340 g/mol. The van der Waals surface area contributed by atoms with E-state index in [2.05, 4.69) is 41.0 Å². The third-order valence-electron chi connectivity index (χ3n) is 4.49. The monoisotopic (exact) mass is 360 g/mol. The normalized spacial score (nSPS) is 24.9. The molecule has 2 heterocycles. The first kappa shape index (κ1) is 15.6. The largest absolute Gasteiger partial charge is 0.352 e. The lowest BCUT2D eigenvalue weighted by Gasteiger charge is -2.37. The van der Waals surface area contributed by atoms with E-state index in [4.69, 9.17) is 12.2 Å². The van der Waals surface area contributed by atoms with Crippen LogP contribution in [0.25, 0.3) is 0 Å². The van der Waals surface area contributed by atoms with Crippen molar-refractivity contribution in [1.82, 2.24) is 10.6 Å². The molecule has 2 aliphatic heterocycles. The summed E-state index contributed by atoms with van der Waals surface area (Å²) in [6, 6.07) is 10.9. The van der Waals surface area contributed by atoms with Gasteiger partial charge in [0.15, 0.2) is 5.11 Å². The first-order valence-corrected chi connectivity index (χ1v) is 10.6. The molecule has 0 unspecified atom stereocenters. The first-order valence-electron chi connectivity index (χ1n) is 8.17. The maximum absolute atomic E-state index is 5.51. The Kier molecular flexibility index (Phi) is 4.69. The van der Waals surface area contributed by atoms with Crippen LogP contribution >= 0.6 is 35.7 Å². The van der Waals surface area contributed by atoms with E-state index >= 15 is 0 Å². The van der Waals surface area contributed by atoms with Gasteiger partial charge >= 0.3 is 0 Å². The predicted octanol–water partition coefficient (Wildman–Crippen LogP) is 4.73. The summed E-state index contributed by atoms with van der Waals surface area (Å²) in [6.45, 7) is 0. The molecule has 0 aromatic heterocycles. The minimum absolute atomic E-state index is 0.217. The average Bonchev–Trinajstić information content (AvgIpc) is 2.62. The van der Waals surface area contributed by atoms with Crippen molar-refractivity contribution in [3.63, 3.8) is 0 Å². The summed E-state index contributed by atoms with van der Waals surface area (Å²) in [6.07, 6.45) is 4.87. The molecule has 1 aromatic rings. The van der Waals surface area contributed by atoms with Crippen LogP contribution in [0.4, 0.5) is 0 Å². The number of hydrogen-bond acceptors (Lipinski definition) is 3. The van der Waals surface area contributed by atoms with Gasteiger partial charge in [0, 0.05) is 9.93 Å². The van der Waals surface area contributed by atoms with Crippen LogP contribution in [0.1, 0.15) is 37.3 Å². The second kappa shape index (κ2) is 6.91. The molecule has 5 heteroatoms. The highest BCUT2D eigenvalue weighted by Gasteiger charge is 2.31. The van der Waals surface area contributed by atoms with Gasteiger partial charge < -0.3 is 10.6 Å². The molecule has 2 nitrogen and oxygen atoms in total. The van der Waals surface area contributed by atoms with Crippen LogP contribution in [0.3, 0.4) is 0 Å². The predicted molar refractivity (Wildman–Crippen MR) is 105 cm³/mol. The highest BCUT2D eigenvalue weighted by Crippen LogP contribution is 2.45. The van der Waals surface area contributed by atoms with Crippen LogP contribution in [0.15, 0.2) is 51.4 Å². The molecule has 0 spiro atoms. The summed E-state index contributed by atoms with van der Waals surface area (Å²) < 4.78 is 1.52. The van der Waals surface area contributed by atoms with Gasteiger partial charge in [0.1, 0.15) is 0 Å². The smallest absolute Gasteiger partial charge is 0.171 e. The SMILES string of the molecule is S=C1NC2=C(CCCC2=C2SCCCS2)[C@H](c2ccccc2)N1. The molecule has 0 amide bonds. The van der Waals surface area contributed by atoms with Crippen LogP contribution in [0.5, 0.6) is 0 Å². The zero-order valence-electron chi connectivity index (χ0n) is 12.9. The van der Waals surface area contributed by atoms with E-state index in [9.17, 15) is 0 Å². The van der Waals surface area contributed by atoms with Crippen molar-refractivity contribution in [3.8, 4) is 0 Å². The van der Waals surface area contributed by atoms with Gasteiger partial charge in [-0.3, -0.25) is 0 Å². The average molecular weight is 361 g/mol. The fourth-order valence-electron chi connectivity index (χ4n) is 3.45. The van der Waals surface area contributed by atoms with Gasteiger partial charge in [-0.2, -0.15) is 0 Å². The second-order valence-electron chi connectivity index (χ2n) is 6.01. The zero-order chi connectivity index (χ0) is 15.6. The summed E-state index contributed by atoms with van der Waals surface area (Å²) in [4.78, 5) is 0. The fraction of sp³-hybridized carbons (Fsp3) is 0.389. The maximum atomic E-state index is 5.51. The van der Waals surface area contributed by atoms with Crippen molar-refractivity contribution in [1.29, 1.82) is 0 Å². The van der Waals surface area contributed by atoms with Crippen molar-refractivity contribution in [2.75, 3.05) is 11.5 Å². The Morgan fingerprint density at radius 2 is 1.78 bits per heavy atom. The van der Waals surface area contributed by atoms with E-state index < -0.39 is 0 Å². The summed E-state index contributed by atoms with van der Waals surface area (Å²) in [5, 5.41) is 7.72. The Morgan fingerprint density at radius 1 is 1.00 bits per heavy atom. The van der Waals surface area contributed by atoms with Gasteiger partial charge in [-0.1, -0.05) is 30.3 Å². The fourth-order valence-corrected chi connectivity index (χ4v) is 6.39. The van der Waals surface area contributed by atoms with E-state index in [0.717, 1.165) is 11.5 Å². The molecule has 23 heavy (non-hydrogen) atoms. The molecule has 2 N–H and O–H groups in total. The molecule has 120 valence electrons. The van der Waals surface area contributed by atoms with Crippen LogP contribution in [0.2, 0.25) is 0 Å². The standard InChI is InChI=1S/C18H20N2S3/c21-18-19-15(12-6-2-1-3-7-12)13-8-4-9-14(16(13)20-18)17-22-10-5-11-23-17/h1-3,6-7,15H,4-5,8-11H2,(H2,19,20,21)/t15-/m0/s1. The minimum atomic E-state index is 0.217. The van der Waals surface area contributed by atoms with Crippen molar-refractivity contribution < 1.29 is 0 Å². The van der Waals surface area contributed by atoms with Crippen LogP contribution in [-0.4, -0.2) is 16.6 Å². The van der Waals surface area contributed by atoms with Crippen molar-refractivity contribution in [2.45, 2.75) is 31.7 Å². The Labute approximate surface area is 151 Å². The summed E-state index contributed by atoms with van der Waals surface area (Å²) in [5.41, 5.74) is 5.60. The van der Waals surface area contributed by atoms with E-state index in [-0.39, 0.29) is 6.04 Å². The topological polar surface area (TPSA) is 24.1 Å². The van der Waals surface area contributed by atoms with E-state index in [0.29, 0.717) is 0 Å². The quantitative estimate of drug-likeness (QED) is 0.706. The molecule has 1 aromatic carbocycles. The van der Waals surface area contributed by atoms with Gasteiger partial charge in [-0.15, -0.1) is 23.5 Å². The van der Waals surface area contributed by atoms with Crippen molar-refractivity contribution >= 4 is 40.9 Å². The number of nitrogens with one attached hydrogen (secondary N) is 2. The summed E-state index contributed by atoms with van der Waals surface area (Å²) in [7, 11) is 0. The van der Waals surface area contributed by atoms with Gasteiger partial charge in [-0.05, 0) is 66.1 Å². The van der Waals surface area contributed by atoms with Gasteiger partial charge in [0.25, 0.3) is 0 Å². The molecule has 4 rings (SSSR count). The molecule has 3 aliphatic rings. The van der Waals surface area contributed by atoms with E-state index in [1.807, 2.05) is 23.5 Å². The lowest BCUT2D eigenvalue weighted by Crippen LogP contribution is -2.45. The van der Waals surface area contributed by atoms with Gasteiger partial charge in [-0.25, -0.2) is 0 Å². The molecule has 1 saturated heterocycles. The van der Waals surface area contributed by atoms with Crippen molar-refractivity contribution in [3.05, 3.63) is 57.0 Å².